The van der Waals surface area contributed by atoms with Crippen molar-refractivity contribution in [2.75, 3.05) is 58.9 Å². The molecule has 0 aliphatic carbocycles. The standard InChI is InChI=1S/C26H41N3O5/c1-6-11-29-15-18(2)24(32-5)16-28(4)26(31)22-8-7-21(14-23(22)34-17-19(29)3)27-25(30)20-9-12-33-13-10-20/h7-8,14,18-20,24H,6,9-13,15-17H2,1-5H3,(H,27,30)/t18-,19+,24+/m1/s1. The molecule has 1 saturated heterocycles. The number of fused-ring (bicyclic) bond motifs is 1. The van der Waals surface area contributed by atoms with Gasteiger partial charge in [-0.2, -0.15) is 0 Å². The minimum absolute atomic E-state index is 0.0146. The third-order valence-electron chi connectivity index (χ3n) is 6.95. The van der Waals surface area contributed by atoms with Gasteiger partial charge < -0.3 is 24.4 Å². The zero-order valence-corrected chi connectivity index (χ0v) is 21.3. The third-order valence-corrected chi connectivity index (χ3v) is 6.95. The second-order valence-corrected chi connectivity index (χ2v) is 9.68. The second kappa shape index (κ2) is 12.5. The highest BCUT2D eigenvalue weighted by atomic mass is 16.5. The van der Waals surface area contributed by atoms with Gasteiger partial charge in [0.2, 0.25) is 5.91 Å². The summed E-state index contributed by atoms with van der Waals surface area (Å²) in [6.07, 6.45) is 2.43. The van der Waals surface area contributed by atoms with Gasteiger partial charge in [-0.25, -0.2) is 0 Å². The Morgan fingerprint density at radius 3 is 2.62 bits per heavy atom. The smallest absolute Gasteiger partial charge is 0.257 e. The summed E-state index contributed by atoms with van der Waals surface area (Å²) in [6.45, 7) is 10.5. The summed E-state index contributed by atoms with van der Waals surface area (Å²) in [5, 5.41) is 3.01. The molecule has 1 aromatic rings. The van der Waals surface area contributed by atoms with Crippen LogP contribution in [0.3, 0.4) is 0 Å². The van der Waals surface area contributed by atoms with E-state index in [1.165, 1.54) is 0 Å². The van der Waals surface area contributed by atoms with Crippen LogP contribution < -0.4 is 10.1 Å². The van der Waals surface area contributed by atoms with Crippen molar-refractivity contribution in [2.45, 2.75) is 52.2 Å². The van der Waals surface area contributed by atoms with Crippen LogP contribution >= 0.6 is 0 Å². The molecule has 0 bridgehead atoms. The van der Waals surface area contributed by atoms with Crippen molar-refractivity contribution in [1.82, 2.24) is 9.80 Å². The Balaban J connectivity index is 1.86. The summed E-state index contributed by atoms with van der Waals surface area (Å²) in [6, 6.07) is 5.47. The summed E-state index contributed by atoms with van der Waals surface area (Å²) in [5.74, 6) is 0.562. The lowest BCUT2D eigenvalue weighted by Gasteiger charge is -2.35. The number of hydrogen-bond acceptors (Lipinski definition) is 6. The first-order valence-corrected chi connectivity index (χ1v) is 12.5. The first-order chi connectivity index (χ1) is 16.3. The molecular formula is C26H41N3O5. The first-order valence-electron chi connectivity index (χ1n) is 12.5. The van der Waals surface area contributed by atoms with Crippen LogP contribution in [-0.4, -0.2) is 87.4 Å². The average Bonchev–Trinajstić information content (AvgIpc) is 2.84. The molecule has 34 heavy (non-hydrogen) atoms. The van der Waals surface area contributed by atoms with E-state index in [2.05, 4.69) is 31.0 Å². The van der Waals surface area contributed by atoms with E-state index in [0.29, 0.717) is 43.4 Å². The van der Waals surface area contributed by atoms with E-state index in [1.54, 1.807) is 37.3 Å². The van der Waals surface area contributed by atoms with Crippen LogP contribution in [0.4, 0.5) is 5.69 Å². The normalized spacial score (nSPS) is 25.6. The number of amides is 2. The quantitative estimate of drug-likeness (QED) is 0.704. The number of anilines is 1. The van der Waals surface area contributed by atoms with Crippen LogP contribution in [0.1, 0.15) is 50.4 Å². The van der Waals surface area contributed by atoms with Gasteiger partial charge in [0.25, 0.3) is 5.91 Å². The zero-order chi connectivity index (χ0) is 24.7. The van der Waals surface area contributed by atoms with Crippen molar-refractivity contribution < 1.29 is 23.8 Å². The number of carbonyl (C=O) groups excluding carboxylic acids is 2. The van der Waals surface area contributed by atoms with Crippen molar-refractivity contribution in [3.05, 3.63) is 23.8 Å². The SMILES string of the molecule is CCCN1C[C@@H](C)[C@@H](OC)CN(C)C(=O)c2ccc(NC(=O)C3CCOCC3)cc2OC[C@@H]1C. The summed E-state index contributed by atoms with van der Waals surface area (Å²) in [4.78, 5) is 30.2. The molecule has 2 aliphatic rings. The summed E-state index contributed by atoms with van der Waals surface area (Å²) >= 11 is 0. The van der Waals surface area contributed by atoms with E-state index in [0.717, 1.165) is 32.4 Å². The van der Waals surface area contributed by atoms with E-state index in [4.69, 9.17) is 14.2 Å². The third kappa shape index (κ3) is 6.71. The largest absolute Gasteiger partial charge is 0.491 e. The molecule has 2 heterocycles. The Morgan fingerprint density at radius 1 is 1.21 bits per heavy atom. The molecule has 2 aliphatic heterocycles. The van der Waals surface area contributed by atoms with E-state index in [1.807, 2.05) is 0 Å². The van der Waals surface area contributed by atoms with Gasteiger partial charge in [0, 0.05) is 64.2 Å². The molecule has 0 unspecified atom stereocenters. The molecule has 0 saturated carbocycles. The molecule has 0 spiro atoms. The summed E-state index contributed by atoms with van der Waals surface area (Å²) in [7, 11) is 3.51. The van der Waals surface area contributed by atoms with Crippen LogP contribution in [-0.2, 0) is 14.3 Å². The van der Waals surface area contributed by atoms with Crippen molar-refractivity contribution in [3.63, 3.8) is 0 Å². The Labute approximate surface area is 203 Å². The highest BCUT2D eigenvalue weighted by Crippen LogP contribution is 2.28. The molecule has 0 aromatic heterocycles. The number of hydrogen-bond donors (Lipinski definition) is 1. The van der Waals surface area contributed by atoms with Gasteiger partial charge in [-0.1, -0.05) is 13.8 Å². The molecular weight excluding hydrogens is 434 g/mol. The van der Waals surface area contributed by atoms with E-state index < -0.39 is 0 Å². The fourth-order valence-electron chi connectivity index (χ4n) is 4.73. The van der Waals surface area contributed by atoms with E-state index >= 15 is 0 Å². The molecule has 1 aromatic carbocycles. The predicted octanol–water partition coefficient (Wildman–Crippen LogP) is 3.27. The Bertz CT molecular complexity index is 827. The van der Waals surface area contributed by atoms with Crippen LogP contribution in [0, 0.1) is 11.8 Å². The first kappa shape index (κ1) is 26.4. The lowest BCUT2D eigenvalue weighted by Crippen LogP contribution is -2.46. The van der Waals surface area contributed by atoms with Crippen molar-refractivity contribution in [1.29, 1.82) is 0 Å². The highest BCUT2D eigenvalue weighted by Gasteiger charge is 2.28. The van der Waals surface area contributed by atoms with E-state index in [9.17, 15) is 9.59 Å². The number of benzene rings is 1. The molecule has 1 fully saturated rings. The minimum Gasteiger partial charge on any atom is -0.491 e. The van der Waals surface area contributed by atoms with Crippen LogP contribution in [0.25, 0.3) is 0 Å². The van der Waals surface area contributed by atoms with Crippen LogP contribution in [0.2, 0.25) is 0 Å². The number of nitrogens with zero attached hydrogens (tertiary/aromatic N) is 2. The number of ether oxygens (including phenoxy) is 3. The summed E-state index contributed by atoms with van der Waals surface area (Å²) < 4.78 is 17.4. The Kier molecular flexibility index (Phi) is 9.74. The molecule has 2 amide bonds. The van der Waals surface area contributed by atoms with Crippen molar-refractivity contribution in [2.24, 2.45) is 11.8 Å². The van der Waals surface area contributed by atoms with Gasteiger partial charge >= 0.3 is 0 Å². The molecule has 8 heteroatoms. The fourth-order valence-corrected chi connectivity index (χ4v) is 4.73. The molecule has 3 atom stereocenters. The number of carbonyl (C=O) groups is 2. The lowest BCUT2D eigenvalue weighted by molar-refractivity contribution is -0.122. The van der Waals surface area contributed by atoms with Gasteiger partial charge in [0.05, 0.1) is 11.7 Å². The van der Waals surface area contributed by atoms with Gasteiger partial charge in [0.15, 0.2) is 0 Å². The number of methoxy groups -OCH3 is 1. The monoisotopic (exact) mass is 475 g/mol. The number of rotatable bonds is 5. The van der Waals surface area contributed by atoms with Crippen LogP contribution in [0.5, 0.6) is 5.75 Å². The van der Waals surface area contributed by atoms with Gasteiger partial charge in [-0.15, -0.1) is 0 Å². The molecule has 1 N–H and O–H groups in total. The maximum Gasteiger partial charge on any atom is 0.257 e. The molecule has 8 nitrogen and oxygen atoms in total. The second-order valence-electron chi connectivity index (χ2n) is 9.68. The van der Waals surface area contributed by atoms with Gasteiger partial charge in [0.1, 0.15) is 12.4 Å². The zero-order valence-electron chi connectivity index (χ0n) is 21.3. The molecule has 0 radical (unpaired) electrons. The maximum atomic E-state index is 13.3. The number of likely N-dealkylation sites (N-methyl/N-ethyl adjacent to an activating group) is 1. The predicted molar refractivity (Wildman–Crippen MR) is 132 cm³/mol. The molecule has 3 rings (SSSR count). The minimum atomic E-state index is -0.120. The van der Waals surface area contributed by atoms with Crippen molar-refractivity contribution >= 4 is 17.5 Å². The maximum absolute atomic E-state index is 13.3. The average molecular weight is 476 g/mol. The highest BCUT2D eigenvalue weighted by molar-refractivity contribution is 5.98. The van der Waals surface area contributed by atoms with Crippen molar-refractivity contribution in [3.8, 4) is 5.75 Å². The summed E-state index contributed by atoms with van der Waals surface area (Å²) in [5.41, 5.74) is 1.13. The topological polar surface area (TPSA) is 80.3 Å². The fraction of sp³-hybridized carbons (Fsp3) is 0.692. The number of nitrogens with one attached hydrogen (secondary N) is 1. The lowest BCUT2D eigenvalue weighted by atomic mass is 9.99. The Morgan fingerprint density at radius 2 is 1.94 bits per heavy atom. The van der Waals surface area contributed by atoms with Gasteiger partial charge in [-0.05, 0) is 50.8 Å². The van der Waals surface area contributed by atoms with Gasteiger partial charge in [-0.3, -0.25) is 14.5 Å². The Hall–Kier alpha value is -2.16. The van der Waals surface area contributed by atoms with Crippen LogP contribution in [0.15, 0.2) is 18.2 Å². The van der Waals surface area contributed by atoms with E-state index in [-0.39, 0.29) is 35.8 Å². The molecule has 190 valence electrons.